The van der Waals surface area contributed by atoms with Gasteiger partial charge in [-0.1, -0.05) is 6.07 Å². The number of amides is 1. The van der Waals surface area contributed by atoms with E-state index in [2.05, 4.69) is 15.9 Å². The zero-order valence-corrected chi connectivity index (χ0v) is 13.1. The maximum absolute atomic E-state index is 12.3. The molecule has 0 saturated carbocycles. The van der Waals surface area contributed by atoms with Crippen LogP contribution in [-0.2, 0) is 6.54 Å². The summed E-state index contributed by atoms with van der Waals surface area (Å²) in [6, 6.07) is 8.02. The van der Waals surface area contributed by atoms with E-state index in [-0.39, 0.29) is 11.5 Å². The highest BCUT2D eigenvalue weighted by atomic mass is 79.9. The number of thiophene rings is 1. The van der Waals surface area contributed by atoms with Gasteiger partial charge in [0.05, 0.1) is 9.35 Å². The predicted octanol–water partition coefficient (Wildman–Crippen LogP) is 3.48. The lowest BCUT2D eigenvalue weighted by Gasteiger charge is -2.16. The fourth-order valence-corrected chi connectivity index (χ4v) is 2.98. The molecule has 1 amide bonds. The van der Waals surface area contributed by atoms with Gasteiger partial charge in [-0.3, -0.25) is 4.79 Å². The third kappa shape index (κ3) is 3.46. The molecule has 0 saturated heterocycles. The molecule has 4 nitrogen and oxygen atoms in total. The van der Waals surface area contributed by atoms with E-state index in [4.69, 9.17) is 5.11 Å². The highest BCUT2D eigenvalue weighted by Crippen LogP contribution is 2.22. The highest BCUT2D eigenvalue weighted by Gasteiger charge is 2.14. The van der Waals surface area contributed by atoms with Gasteiger partial charge in [0.15, 0.2) is 0 Å². The third-order valence-electron chi connectivity index (χ3n) is 2.74. The number of benzene rings is 1. The highest BCUT2D eigenvalue weighted by molar-refractivity contribution is 9.11. The molecule has 0 aliphatic carbocycles. The molecule has 1 N–H and O–H groups in total. The molecule has 104 valence electrons. The van der Waals surface area contributed by atoms with Crippen molar-refractivity contribution >= 4 is 39.1 Å². The topological polar surface area (TPSA) is 57.6 Å². The van der Waals surface area contributed by atoms with Crippen LogP contribution in [0.25, 0.3) is 0 Å². The SMILES string of the molecule is CN(Cc1csc(Br)c1)C(=O)c1cccc(C(=O)O)c1. The summed E-state index contributed by atoms with van der Waals surface area (Å²) in [5.41, 5.74) is 1.52. The van der Waals surface area contributed by atoms with Crippen molar-refractivity contribution in [2.24, 2.45) is 0 Å². The number of rotatable bonds is 4. The van der Waals surface area contributed by atoms with Crippen molar-refractivity contribution < 1.29 is 14.7 Å². The maximum atomic E-state index is 12.3. The summed E-state index contributed by atoms with van der Waals surface area (Å²) >= 11 is 4.94. The van der Waals surface area contributed by atoms with E-state index in [9.17, 15) is 9.59 Å². The third-order valence-corrected chi connectivity index (χ3v) is 4.30. The molecule has 0 fully saturated rings. The number of carboxylic acid groups (broad SMARTS) is 1. The standard InChI is InChI=1S/C14H12BrNO3S/c1-16(7-9-5-12(15)20-8-9)13(17)10-3-2-4-11(6-10)14(18)19/h2-6,8H,7H2,1H3,(H,18,19). The van der Waals surface area contributed by atoms with Gasteiger partial charge in [0.25, 0.3) is 5.91 Å². The Morgan fingerprint density at radius 3 is 2.60 bits per heavy atom. The minimum Gasteiger partial charge on any atom is -0.478 e. The van der Waals surface area contributed by atoms with Crippen LogP contribution < -0.4 is 0 Å². The second-order valence-electron chi connectivity index (χ2n) is 4.31. The Balaban J connectivity index is 2.14. The Morgan fingerprint density at radius 1 is 1.30 bits per heavy atom. The molecule has 2 aromatic rings. The molecule has 0 unspecified atom stereocenters. The molecule has 1 aromatic heterocycles. The molecule has 0 bridgehead atoms. The summed E-state index contributed by atoms with van der Waals surface area (Å²) < 4.78 is 1.02. The van der Waals surface area contributed by atoms with E-state index in [1.165, 1.54) is 12.1 Å². The van der Waals surface area contributed by atoms with Crippen molar-refractivity contribution in [2.45, 2.75) is 6.54 Å². The Labute approximate surface area is 128 Å². The lowest BCUT2D eigenvalue weighted by atomic mass is 10.1. The number of halogens is 1. The van der Waals surface area contributed by atoms with Crippen molar-refractivity contribution in [3.63, 3.8) is 0 Å². The van der Waals surface area contributed by atoms with Crippen LogP contribution in [0.3, 0.4) is 0 Å². The Kier molecular flexibility index (Phi) is 4.57. The fourth-order valence-electron chi connectivity index (χ4n) is 1.78. The van der Waals surface area contributed by atoms with E-state index in [0.29, 0.717) is 12.1 Å². The zero-order chi connectivity index (χ0) is 14.7. The Hall–Kier alpha value is -1.66. The van der Waals surface area contributed by atoms with Crippen LogP contribution >= 0.6 is 27.3 Å². The lowest BCUT2D eigenvalue weighted by molar-refractivity contribution is 0.0697. The smallest absolute Gasteiger partial charge is 0.335 e. The van der Waals surface area contributed by atoms with Gasteiger partial charge in [-0.2, -0.15) is 0 Å². The van der Waals surface area contributed by atoms with E-state index in [1.54, 1.807) is 35.4 Å². The monoisotopic (exact) mass is 353 g/mol. The van der Waals surface area contributed by atoms with Gasteiger partial charge in [-0.25, -0.2) is 4.79 Å². The normalized spacial score (nSPS) is 10.3. The Bertz CT molecular complexity index is 653. The number of nitrogens with zero attached hydrogens (tertiary/aromatic N) is 1. The van der Waals surface area contributed by atoms with Crippen LogP contribution in [0.5, 0.6) is 0 Å². The molecule has 1 aromatic carbocycles. The molecule has 0 radical (unpaired) electrons. The Morgan fingerprint density at radius 2 is 2.00 bits per heavy atom. The number of aromatic carboxylic acids is 1. The van der Waals surface area contributed by atoms with E-state index >= 15 is 0 Å². The lowest BCUT2D eigenvalue weighted by Crippen LogP contribution is -2.26. The first-order chi connectivity index (χ1) is 9.47. The molecular formula is C14H12BrNO3S. The van der Waals surface area contributed by atoms with E-state index in [0.717, 1.165) is 9.35 Å². The van der Waals surface area contributed by atoms with Gasteiger partial charge >= 0.3 is 5.97 Å². The average Bonchev–Trinajstić information content (AvgIpc) is 2.83. The first-order valence-corrected chi connectivity index (χ1v) is 7.46. The first kappa shape index (κ1) is 14.7. The number of carbonyl (C=O) groups is 2. The van der Waals surface area contributed by atoms with Crippen molar-refractivity contribution in [1.29, 1.82) is 0 Å². The van der Waals surface area contributed by atoms with Crippen molar-refractivity contribution in [2.75, 3.05) is 7.05 Å². The molecule has 20 heavy (non-hydrogen) atoms. The molecule has 2 rings (SSSR count). The van der Waals surface area contributed by atoms with Crippen molar-refractivity contribution in [1.82, 2.24) is 4.90 Å². The molecule has 0 aliphatic heterocycles. The summed E-state index contributed by atoms with van der Waals surface area (Å²) in [5, 5.41) is 10.9. The van der Waals surface area contributed by atoms with Crippen LogP contribution in [-0.4, -0.2) is 28.9 Å². The van der Waals surface area contributed by atoms with Gasteiger partial charge in [0.2, 0.25) is 0 Å². The molecule has 1 heterocycles. The largest absolute Gasteiger partial charge is 0.478 e. The second-order valence-corrected chi connectivity index (χ2v) is 6.60. The molecular weight excluding hydrogens is 342 g/mol. The van der Waals surface area contributed by atoms with Crippen LogP contribution in [0.2, 0.25) is 0 Å². The van der Waals surface area contributed by atoms with Gasteiger partial charge in [-0.15, -0.1) is 11.3 Å². The fraction of sp³-hybridized carbons (Fsp3) is 0.143. The molecule has 6 heteroatoms. The molecule has 0 aliphatic rings. The molecule has 0 spiro atoms. The van der Waals surface area contributed by atoms with Gasteiger partial charge < -0.3 is 10.0 Å². The van der Waals surface area contributed by atoms with E-state index in [1.807, 2.05) is 11.4 Å². The average molecular weight is 354 g/mol. The van der Waals surface area contributed by atoms with Gasteiger partial charge in [-0.05, 0) is 51.1 Å². The first-order valence-electron chi connectivity index (χ1n) is 5.79. The summed E-state index contributed by atoms with van der Waals surface area (Å²) in [7, 11) is 1.70. The molecule has 0 atom stereocenters. The quantitative estimate of drug-likeness (QED) is 0.915. The minimum atomic E-state index is -1.04. The van der Waals surface area contributed by atoms with Crippen molar-refractivity contribution in [3.8, 4) is 0 Å². The van der Waals surface area contributed by atoms with Crippen LogP contribution in [0, 0.1) is 0 Å². The number of hydrogen-bond donors (Lipinski definition) is 1. The zero-order valence-electron chi connectivity index (χ0n) is 10.7. The number of hydrogen-bond acceptors (Lipinski definition) is 3. The maximum Gasteiger partial charge on any atom is 0.335 e. The summed E-state index contributed by atoms with van der Waals surface area (Å²) in [5.74, 6) is -1.24. The second kappa shape index (κ2) is 6.19. The summed E-state index contributed by atoms with van der Waals surface area (Å²) in [6.45, 7) is 0.484. The van der Waals surface area contributed by atoms with Crippen molar-refractivity contribution in [3.05, 3.63) is 56.2 Å². The van der Waals surface area contributed by atoms with Crippen LogP contribution in [0.15, 0.2) is 39.5 Å². The summed E-state index contributed by atoms with van der Waals surface area (Å²) in [4.78, 5) is 24.7. The van der Waals surface area contributed by atoms with E-state index < -0.39 is 5.97 Å². The van der Waals surface area contributed by atoms with Crippen LogP contribution in [0.4, 0.5) is 0 Å². The number of carbonyl (C=O) groups excluding carboxylic acids is 1. The summed E-state index contributed by atoms with van der Waals surface area (Å²) in [6.07, 6.45) is 0. The van der Waals surface area contributed by atoms with Gasteiger partial charge in [0, 0.05) is 19.2 Å². The number of carboxylic acids is 1. The van der Waals surface area contributed by atoms with Crippen LogP contribution in [0.1, 0.15) is 26.3 Å². The predicted molar refractivity (Wildman–Crippen MR) is 81.2 cm³/mol. The van der Waals surface area contributed by atoms with Gasteiger partial charge in [0.1, 0.15) is 0 Å². The minimum absolute atomic E-state index is 0.113.